The normalized spacial score (nSPS) is 47.0. The molecule has 5 aliphatic carbocycles. The monoisotopic (exact) mass is 568 g/mol. The summed E-state index contributed by atoms with van der Waals surface area (Å²) in [4.78, 5) is 13.8. The van der Waals surface area contributed by atoms with E-state index in [1.54, 1.807) is 17.8 Å². The van der Waals surface area contributed by atoms with Gasteiger partial charge < -0.3 is 4.74 Å². The quantitative estimate of drug-likeness (QED) is 0.298. The van der Waals surface area contributed by atoms with E-state index in [0.717, 1.165) is 40.6 Å². The Kier molecular flexibility index (Phi) is 7.93. The summed E-state index contributed by atoms with van der Waals surface area (Å²) < 4.78 is 19.5. The summed E-state index contributed by atoms with van der Waals surface area (Å²) in [7, 11) is 0. The van der Waals surface area contributed by atoms with E-state index < -0.39 is 6.17 Å². The highest BCUT2D eigenvalue weighted by Crippen LogP contribution is 2.74. The van der Waals surface area contributed by atoms with Gasteiger partial charge >= 0.3 is 5.97 Å². The number of carbonyl (C=O) groups excluding carboxylic acids is 1. The number of thioether (sulfide) groups is 1. The maximum absolute atomic E-state index is 13.5. The van der Waals surface area contributed by atoms with Crippen LogP contribution in [0.4, 0.5) is 4.39 Å². The van der Waals surface area contributed by atoms with Gasteiger partial charge in [0, 0.05) is 11.7 Å². The molecule has 0 bridgehead atoms. The third kappa shape index (κ3) is 4.60. The standard InChI is InChI=1S/C36H53FO2S/c1-6-24-21-30-29-15-14-27(34(29,3)19-20-36(30,5)35(4)18-8-7-9-28(24)35)23(2)22-39-33(38)32-17-16-31(40-32)25-10-12-26(37)13-11-25/h10-12,17,23-24,26-31H,6-9,13-16,18-22H2,1-5H3/t23-,24+,26?,27?,28?,29?,30?,31?,34?,35?,36+/m1/s1. The van der Waals surface area contributed by atoms with Crippen LogP contribution >= 0.6 is 11.8 Å². The van der Waals surface area contributed by atoms with E-state index >= 15 is 0 Å². The molecule has 0 aromatic carbocycles. The Hall–Kier alpha value is -1.03. The van der Waals surface area contributed by atoms with Gasteiger partial charge in [-0.05, 0) is 109 Å². The van der Waals surface area contributed by atoms with Crippen molar-refractivity contribution in [1.29, 1.82) is 0 Å². The van der Waals surface area contributed by atoms with Crippen LogP contribution in [-0.2, 0) is 9.53 Å². The number of esters is 1. The summed E-state index contributed by atoms with van der Waals surface area (Å²) in [6.07, 6.45) is 21.9. The third-order valence-corrected chi connectivity index (χ3v) is 15.1. The van der Waals surface area contributed by atoms with Crippen molar-refractivity contribution in [2.24, 2.45) is 51.8 Å². The molecule has 1 heterocycles. The topological polar surface area (TPSA) is 26.3 Å². The number of hydrogen-bond donors (Lipinski definition) is 0. The Morgan fingerprint density at radius 2 is 1.82 bits per heavy atom. The molecule has 0 N–H and O–H groups in total. The zero-order valence-corrected chi connectivity index (χ0v) is 26.5. The third-order valence-electron chi connectivity index (χ3n) is 13.8. The summed E-state index contributed by atoms with van der Waals surface area (Å²) in [5.74, 6) is 4.37. The molecule has 0 radical (unpaired) electrons. The van der Waals surface area contributed by atoms with Gasteiger partial charge in [-0.1, -0.05) is 78.2 Å². The minimum absolute atomic E-state index is 0.159. The fraction of sp³-hybridized carbons (Fsp3) is 0.806. The van der Waals surface area contributed by atoms with Crippen LogP contribution < -0.4 is 0 Å². The van der Waals surface area contributed by atoms with Crippen LogP contribution in [0.15, 0.2) is 34.8 Å². The van der Waals surface area contributed by atoms with Crippen LogP contribution in [-0.4, -0.2) is 24.0 Å². The van der Waals surface area contributed by atoms with Crippen molar-refractivity contribution < 1.29 is 13.9 Å². The summed E-state index contributed by atoms with van der Waals surface area (Å²) >= 11 is 1.60. The number of alkyl halides is 1. The lowest BCUT2D eigenvalue weighted by Crippen LogP contribution is -2.61. The minimum atomic E-state index is -0.873. The number of hydrogen-bond acceptors (Lipinski definition) is 3. The number of allylic oxidation sites excluding steroid dienone is 4. The Balaban J connectivity index is 1.09. The van der Waals surface area contributed by atoms with Gasteiger partial charge in [0.2, 0.25) is 0 Å². The molecule has 40 heavy (non-hydrogen) atoms. The Bertz CT molecular complexity index is 1080. The highest BCUT2D eigenvalue weighted by molar-refractivity contribution is 8.05. The second-order valence-corrected chi connectivity index (χ2v) is 16.5. The Morgan fingerprint density at radius 3 is 2.58 bits per heavy atom. The van der Waals surface area contributed by atoms with E-state index in [4.69, 9.17) is 4.74 Å². The van der Waals surface area contributed by atoms with Crippen molar-refractivity contribution in [3.8, 4) is 0 Å². The molecule has 6 rings (SSSR count). The largest absolute Gasteiger partial charge is 0.461 e. The number of fused-ring (bicyclic) bond motifs is 5. The van der Waals surface area contributed by atoms with Crippen LogP contribution in [0.5, 0.6) is 0 Å². The summed E-state index contributed by atoms with van der Waals surface area (Å²) in [6.45, 7) is 13.4. The molecule has 0 aromatic heterocycles. The number of rotatable bonds is 6. The van der Waals surface area contributed by atoms with Crippen molar-refractivity contribution in [2.45, 2.75) is 123 Å². The average molecular weight is 569 g/mol. The summed E-state index contributed by atoms with van der Waals surface area (Å²) in [6, 6.07) is 0. The first-order chi connectivity index (χ1) is 19.1. The fourth-order valence-electron chi connectivity index (χ4n) is 11.4. The van der Waals surface area contributed by atoms with E-state index in [9.17, 15) is 9.18 Å². The molecule has 6 aliphatic rings. The summed E-state index contributed by atoms with van der Waals surface area (Å²) in [5.41, 5.74) is 2.50. The predicted molar refractivity (Wildman–Crippen MR) is 165 cm³/mol. The van der Waals surface area contributed by atoms with Gasteiger partial charge in [-0.15, -0.1) is 11.8 Å². The maximum Gasteiger partial charge on any atom is 0.344 e. The second-order valence-electron chi connectivity index (χ2n) is 15.3. The first-order valence-electron chi connectivity index (χ1n) is 16.7. The molecule has 4 saturated carbocycles. The minimum Gasteiger partial charge on any atom is -0.461 e. The van der Waals surface area contributed by atoms with Crippen molar-refractivity contribution >= 4 is 17.7 Å². The number of carbonyl (C=O) groups is 1. The van der Waals surface area contributed by atoms with Crippen molar-refractivity contribution in [1.82, 2.24) is 0 Å². The lowest BCUT2D eigenvalue weighted by Gasteiger charge is -2.68. The molecule has 0 aromatic rings. The predicted octanol–water partition coefficient (Wildman–Crippen LogP) is 9.85. The van der Waals surface area contributed by atoms with Crippen molar-refractivity contribution in [3.05, 3.63) is 34.8 Å². The van der Waals surface area contributed by atoms with Gasteiger partial charge in [0.25, 0.3) is 0 Å². The van der Waals surface area contributed by atoms with Gasteiger partial charge in [0.05, 0.1) is 11.5 Å². The molecule has 2 nitrogen and oxygen atoms in total. The molecule has 0 saturated heterocycles. The van der Waals surface area contributed by atoms with Gasteiger partial charge in [-0.25, -0.2) is 9.18 Å². The molecule has 4 heteroatoms. The first kappa shape index (κ1) is 29.1. The first-order valence-corrected chi connectivity index (χ1v) is 17.5. The van der Waals surface area contributed by atoms with Crippen LogP contribution in [0.2, 0.25) is 0 Å². The van der Waals surface area contributed by atoms with Crippen LogP contribution in [0.1, 0.15) is 112 Å². The lowest BCUT2D eigenvalue weighted by atomic mass is 9.36. The van der Waals surface area contributed by atoms with E-state index in [1.807, 2.05) is 18.2 Å². The molecule has 0 spiro atoms. The molecule has 11 atom stereocenters. The number of halogens is 1. The Labute approximate surface area is 247 Å². The highest BCUT2D eigenvalue weighted by atomic mass is 32.2. The van der Waals surface area contributed by atoms with Crippen molar-refractivity contribution in [3.63, 3.8) is 0 Å². The van der Waals surface area contributed by atoms with Crippen LogP contribution in [0.3, 0.4) is 0 Å². The van der Waals surface area contributed by atoms with Gasteiger partial charge in [-0.2, -0.15) is 0 Å². The molecular weight excluding hydrogens is 515 g/mol. The summed E-state index contributed by atoms with van der Waals surface area (Å²) in [5, 5.41) is 0.211. The zero-order chi connectivity index (χ0) is 28.3. The zero-order valence-electron chi connectivity index (χ0n) is 25.7. The Morgan fingerprint density at radius 1 is 1.02 bits per heavy atom. The highest BCUT2D eigenvalue weighted by Gasteiger charge is 2.66. The van der Waals surface area contributed by atoms with Crippen molar-refractivity contribution in [2.75, 3.05) is 6.61 Å². The van der Waals surface area contributed by atoms with Crippen LogP contribution in [0, 0.1) is 51.8 Å². The molecule has 4 fully saturated rings. The van der Waals surface area contributed by atoms with Gasteiger partial charge in [-0.3, -0.25) is 0 Å². The van der Waals surface area contributed by atoms with Crippen LogP contribution in [0.25, 0.3) is 0 Å². The molecule has 0 amide bonds. The average Bonchev–Trinajstić information content (AvgIpc) is 3.57. The molecule has 8 unspecified atom stereocenters. The second kappa shape index (κ2) is 10.9. The van der Waals surface area contributed by atoms with E-state index in [0.29, 0.717) is 41.1 Å². The van der Waals surface area contributed by atoms with E-state index in [2.05, 4.69) is 34.6 Å². The van der Waals surface area contributed by atoms with Gasteiger partial charge in [0.1, 0.15) is 6.17 Å². The smallest absolute Gasteiger partial charge is 0.344 e. The molecule has 1 aliphatic heterocycles. The number of ether oxygens (including phenoxy) is 1. The SMILES string of the molecule is CC[C@H]1CC2C3CCC([C@H](C)COC(=O)C4=CCC(C5=CCC(F)C=C5)S4)C3(C)CC[C@]2(C)C2(C)CCCCC12. The van der Waals surface area contributed by atoms with E-state index in [-0.39, 0.29) is 11.2 Å². The molecule has 222 valence electrons. The lowest BCUT2D eigenvalue weighted by molar-refractivity contribution is -0.196. The van der Waals surface area contributed by atoms with E-state index in [1.165, 1.54) is 64.2 Å². The maximum atomic E-state index is 13.5. The van der Waals surface area contributed by atoms with Gasteiger partial charge in [0.15, 0.2) is 0 Å². The fourth-order valence-corrected chi connectivity index (χ4v) is 12.5. The molecular formula is C36H53FO2S.